The van der Waals surface area contributed by atoms with Crippen LogP contribution in [0.1, 0.15) is 36.2 Å². The lowest BCUT2D eigenvalue weighted by Crippen LogP contribution is -2.38. The van der Waals surface area contributed by atoms with Gasteiger partial charge in [0.25, 0.3) is 0 Å². The predicted molar refractivity (Wildman–Crippen MR) is 81.8 cm³/mol. The normalized spacial score (nSPS) is 20.9. The highest BCUT2D eigenvalue weighted by Crippen LogP contribution is 2.24. The number of hydrogen-bond donors (Lipinski definition) is 1. The van der Waals surface area contributed by atoms with Crippen LogP contribution in [0, 0.1) is 5.92 Å². The van der Waals surface area contributed by atoms with E-state index in [1.807, 2.05) is 6.07 Å². The van der Waals surface area contributed by atoms with Gasteiger partial charge in [0.15, 0.2) is 0 Å². The topological polar surface area (TPSA) is 56.7 Å². The van der Waals surface area contributed by atoms with Crippen molar-refractivity contribution in [1.82, 2.24) is 9.88 Å². The molecule has 2 aliphatic rings. The highest BCUT2D eigenvalue weighted by Gasteiger charge is 2.23. The van der Waals surface area contributed by atoms with E-state index in [1.54, 1.807) is 12.3 Å². The monoisotopic (exact) mass is 289 g/mol. The maximum Gasteiger partial charge on any atom is 0.354 e. The van der Waals surface area contributed by atoms with E-state index >= 15 is 0 Å². The molecular weight excluding hydrogens is 266 g/mol. The van der Waals surface area contributed by atoms with Crippen LogP contribution in [0.2, 0.25) is 0 Å². The molecule has 2 aliphatic heterocycles. The van der Waals surface area contributed by atoms with Crippen LogP contribution in [0.3, 0.4) is 0 Å². The second-order valence-corrected chi connectivity index (χ2v) is 6.14. The molecule has 114 valence electrons. The molecule has 0 aromatic carbocycles. The van der Waals surface area contributed by atoms with Crippen molar-refractivity contribution in [3.8, 4) is 0 Å². The third kappa shape index (κ3) is 3.53. The molecule has 0 bridgehead atoms. The van der Waals surface area contributed by atoms with E-state index in [9.17, 15) is 4.79 Å². The van der Waals surface area contributed by atoms with Crippen LogP contribution in [0.5, 0.6) is 0 Å². The van der Waals surface area contributed by atoms with Crippen molar-refractivity contribution in [3.63, 3.8) is 0 Å². The van der Waals surface area contributed by atoms with Crippen molar-refractivity contribution in [2.24, 2.45) is 5.92 Å². The fourth-order valence-electron chi connectivity index (χ4n) is 3.40. The summed E-state index contributed by atoms with van der Waals surface area (Å²) in [5.41, 5.74) is 1.15. The summed E-state index contributed by atoms with van der Waals surface area (Å²) in [6.45, 7) is 5.91. The number of hydrogen-bond acceptors (Lipinski definition) is 4. The van der Waals surface area contributed by atoms with Gasteiger partial charge in [-0.2, -0.15) is 0 Å². The van der Waals surface area contributed by atoms with Crippen LogP contribution in [-0.2, 0) is 0 Å². The number of rotatable bonds is 4. The van der Waals surface area contributed by atoms with Crippen LogP contribution in [0.15, 0.2) is 18.3 Å². The molecule has 2 saturated heterocycles. The maximum atomic E-state index is 10.8. The van der Waals surface area contributed by atoms with Crippen molar-refractivity contribution in [2.75, 3.05) is 37.6 Å². The first-order valence-electron chi connectivity index (χ1n) is 7.89. The van der Waals surface area contributed by atoms with Crippen LogP contribution in [-0.4, -0.2) is 53.7 Å². The minimum absolute atomic E-state index is 0.114. The van der Waals surface area contributed by atoms with Crippen molar-refractivity contribution in [1.29, 1.82) is 0 Å². The Hall–Kier alpha value is -1.62. The molecular formula is C16H23N3O2. The number of anilines is 1. The smallest absolute Gasteiger partial charge is 0.354 e. The molecule has 0 radical (unpaired) electrons. The summed E-state index contributed by atoms with van der Waals surface area (Å²) in [6, 6.07) is 3.46. The molecule has 0 unspecified atom stereocenters. The molecule has 0 atom stereocenters. The lowest BCUT2D eigenvalue weighted by Gasteiger charge is -2.35. The van der Waals surface area contributed by atoms with E-state index in [2.05, 4.69) is 14.8 Å². The van der Waals surface area contributed by atoms with Gasteiger partial charge in [-0.25, -0.2) is 9.78 Å². The highest BCUT2D eigenvalue weighted by molar-refractivity contribution is 5.85. The van der Waals surface area contributed by atoms with Crippen molar-refractivity contribution < 1.29 is 9.90 Å². The molecule has 2 fully saturated rings. The number of aromatic carboxylic acids is 1. The first-order chi connectivity index (χ1) is 10.2. The predicted octanol–water partition coefficient (Wildman–Crippen LogP) is 2.09. The molecule has 0 amide bonds. The Morgan fingerprint density at radius 3 is 2.48 bits per heavy atom. The van der Waals surface area contributed by atoms with Crippen LogP contribution in [0.25, 0.3) is 0 Å². The Morgan fingerprint density at radius 1 is 1.19 bits per heavy atom. The summed E-state index contributed by atoms with van der Waals surface area (Å²) in [5, 5.41) is 8.88. The largest absolute Gasteiger partial charge is 0.477 e. The molecule has 0 saturated carbocycles. The first kappa shape index (κ1) is 14.3. The molecule has 21 heavy (non-hydrogen) atoms. The fourth-order valence-corrected chi connectivity index (χ4v) is 3.40. The van der Waals surface area contributed by atoms with Gasteiger partial charge >= 0.3 is 5.97 Å². The Labute approximate surface area is 125 Å². The summed E-state index contributed by atoms with van der Waals surface area (Å²) < 4.78 is 0. The number of likely N-dealkylation sites (tertiary alicyclic amines) is 1. The standard InChI is InChI=1S/C16H23N3O2/c20-16(21)15-4-3-14(11-17-15)19-9-5-13(6-10-19)12-18-7-1-2-8-18/h3-4,11,13H,1-2,5-10,12H2,(H,20,21). The van der Waals surface area contributed by atoms with Gasteiger partial charge in [-0.3, -0.25) is 0 Å². The van der Waals surface area contributed by atoms with Gasteiger partial charge in [-0.1, -0.05) is 0 Å². The Morgan fingerprint density at radius 2 is 1.90 bits per heavy atom. The summed E-state index contributed by atoms with van der Waals surface area (Å²) >= 11 is 0. The summed E-state index contributed by atoms with van der Waals surface area (Å²) in [5.74, 6) is -0.156. The second kappa shape index (κ2) is 6.43. The number of carbonyl (C=O) groups is 1. The molecule has 5 heteroatoms. The average molecular weight is 289 g/mol. The zero-order valence-electron chi connectivity index (χ0n) is 12.4. The van der Waals surface area contributed by atoms with Gasteiger partial charge in [0.2, 0.25) is 0 Å². The number of nitrogens with zero attached hydrogens (tertiary/aromatic N) is 3. The van der Waals surface area contributed by atoms with Crippen LogP contribution >= 0.6 is 0 Å². The number of carboxylic acid groups (broad SMARTS) is 1. The minimum Gasteiger partial charge on any atom is -0.477 e. The summed E-state index contributed by atoms with van der Waals surface area (Å²) in [4.78, 5) is 19.7. The van der Waals surface area contributed by atoms with E-state index < -0.39 is 5.97 Å². The quantitative estimate of drug-likeness (QED) is 0.920. The second-order valence-electron chi connectivity index (χ2n) is 6.14. The van der Waals surface area contributed by atoms with E-state index in [0.29, 0.717) is 0 Å². The van der Waals surface area contributed by atoms with Gasteiger partial charge < -0.3 is 14.9 Å². The summed E-state index contributed by atoms with van der Waals surface area (Å²) in [7, 11) is 0. The molecule has 0 aliphatic carbocycles. The lowest BCUT2D eigenvalue weighted by atomic mass is 9.96. The number of piperidine rings is 1. The first-order valence-corrected chi connectivity index (χ1v) is 7.89. The molecule has 3 rings (SSSR count). The van der Waals surface area contributed by atoms with Crippen LogP contribution in [0.4, 0.5) is 5.69 Å². The highest BCUT2D eigenvalue weighted by atomic mass is 16.4. The van der Waals surface area contributed by atoms with E-state index in [4.69, 9.17) is 5.11 Å². The SMILES string of the molecule is O=C(O)c1ccc(N2CCC(CN3CCCC3)CC2)cn1. The summed E-state index contributed by atoms with van der Waals surface area (Å²) in [6.07, 6.45) is 6.85. The maximum absolute atomic E-state index is 10.8. The van der Waals surface area contributed by atoms with Gasteiger partial charge in [-0.15, -0.1) is 0 Å². The molecule has 1 aromatic heterocycles. The number of pyridine rings is 1. The third-order valence-electron chi connectivity index (χ3n) is 4.66. The van der Waals surface area contributed by atoms with Gasteiger partial charge in [-0.05, 0) is 56.8 Å². The Kier molecular flexibility index (Phi) is 4.39. The van der Waals surface area contributed by atoms with Crippen LogP contribution < -0.4 is 4.90 Å². The Bertz CT molecular complexity index is 475. The van der Waals surface area contributed by atoms with Gasteiger partial charge in [0.1, 0.15) is 5.69 Å². The third-order valence-corrected chi connectivity index (χ3v) is 4.66. The minimum atomic E-state index is -0.967. The van der Waals surface area contributed by atoms with E-state index in [0.717, 1.165) is 24.7 Å². The van der Waals surface area contributed by atoms with E-state index in [1.165, 1.54) is 45.3 Å². The van der Waals surface area contributed by atoms with Gasteiger partial charge in [0, 0.05) is 19.6 Å². The van der Waals surface area contributed by atoms with Crippen molar-refractivity contribution in [2.45, 2.75) is 25.7 Å². The lowest BCUT2D eigenvalue weighted by molar-refractivity contribution is 0.0690. The molecule has 3 heterocycles. The zero-order chi connectivity index (χ0) is 14.7. The molecule has 5 nitrogen and oxygen atoms in total. The van der Waals surface area contributed by atoms with Gasteiger partial charge in [0.05, 0.1) is 11.9 Å². The molecule has 1 aromatic rings. The Balaban J connectivity index is 1.51. The van der Waals surface area contributed by atoms with Crippen molar-refractivity contribution >= 4 is 11.7 Å². The fraction of sp³-hybridized carbons (Fsp3) is 0.625. The number of aromatic nitrogens is 1. The van der Waals surface area contributed by atoms with E-state index in [-0.39, 0.29) is 5.69 Å². The molecule has 1 N–H and O–H groups in total. The zero-order valence-corrected chi connectivity index (χ0v) is 12.4. The average Bonchev–Trinajstić information content (AvgIpc) is 3.01. The number of carboxylic acids is 1. The molecule has 0 spiro atoms. The van der Waals surface area contributed by atoms with Crippen molar-refractivity contribution in [3.05, 3.63) is 24.0 Å².